The fraction of sp³-hybridized carbons (Fsp3) is 0.125. The van der Waals surface area contributed by atoms with Crippen LogP contribution in [-0.4, -0.2) is 29.0 Å². The van der Waals surface area contributed by atoms with Crippen LogP contribution in [-0.2, 0) is 0 Å². The average Bonchev–Trinajstić information content (AvgIpc) is 2.96. The number of aromatic amines is 1. The number of nitrogens with one attached hydrogen (secondary N) is 3. The monoisotopic (exact) mass is 280 g/mol. The van der Waals surface area contributed by atoms with E-state index in [2.05, 4.69) is 20.6 Å². The van der Waals surface area contributed by atoms with Gasteiger partial charge in [0, 0.05) is 30.4 Å². The molecule has 2 aromatic heterocycles. The molecule has 1 aromatic carbocycles. The van der Waals surface area contributed by atoms with E-state index in [1.165, 1.54) is 0 Å². The Balaban J connectivity index is 1.52. The summed E-state index contributed by atoms with van der Waals surface area (Å²) in [5.41, 5.74) is 2.30. The van der Waals surface area contributed by atoms with E-state index in [4.69, 9.17) is 0 Å². The van der Waals surface area contributed by atoms with Crippen molar-refractivity contribution in [3.05, 3.63) is 60.4 Å². The van der Waals surface area contributed by atoms with Crippen LogP contribution in [0, 0.1) is 0 Å². The zero-order chi connectivity index (χ0) is 14.5. The molecule has 3 N–H and O–H groups in total. The predicted molar refractivity (Wildman–Crippen MR) is 83.4 cm³/mol. The molecular formula is C16H16N4O. The minimum Gasteiger partial charge on any atom is -0.383 e. The van der Waals surface area contributed by atoms with Gasteiger partial charge in [-0.25, -0.2) is 4.98 Å². The van der Waals surface area contributed by atoms with Gasteiger partial charge in [0.25, 0.3) is 5.91 Å². The molecule has 1 amide bonds. The lowest BCUT2D eigenvalue weighted by Crippen LogP contribution is -2.28. The van der Waals surface area contributed by atoms with Crippen molar-refractivity contribution in [1.82, 2.24) is 15.3 Å². The van der Waals surface area contributed by atoms with E-state index in [1.807, 2.05) is 48.5 Å². The van der Waals surface area contributed by atoms with Gasteiger partial charge in [-0.1, -0.05) is 18.2 Å². The predicted octanol–water partition coefficient (Wildman–Crippen LogP) is 2.40. The van der Waals surface area contributed by atoms with Crippen LogP contribution in [0.25, 0.3) is 11.0 Å². The summed E-state index contributed by atoms with van der Waals surface area (Å²) in [6.07, 6.45) is 1.70. The summed E-state index contributed by atoms with van der Waals surface area (Å²) in [4.78, 5) is 19.2. The second-order valence-corrected chi connectivity index (χ2v) is 4.67. The summed E-state index contributed by atoms with van der Waals surface area (Å²) < 4.78 is 0. The molecule has 5 nitrogen and oxygen atoms in total. The normalized spacial score (nSPS) is 10.5. The van der Waals surface area contributed by atoms with Crippen molar-refractivity contribution < 1.29 is 4.79 Å². The summed E-state index contributed by atoms with van der Waals surface area (Å²) in [6, 6.07) is 15.5. The van der Waals surface area contributed by atoms with Crippen molar-refractivity contribution in [3.63, 3.8) is 0 Å². The number of aromatic nitrogens is 2. The Hall–Kier alpha value is -2.82. The number of fused-ring (bicyclic) bond motifs is 1. The maximum Gasteiger partial charge on any atom is 0.267 e. The molecule has 106 valence electrons. The number of benzene rings is 1. The molecule has 0 radical (unpaired) electrons. The van der Waals surface area contributed by atoms with Gasteiger partial charge in [-0.15, -0.1) is 0 Å². The smallest absolute Gasteiger partial charge is 0.267 e. The summed E-state index contributed by atoms with van der Waals surface area (Å²) in [6.45, 7) is 1.23. The Kier molecular flexibility index (Phi) is 3.82. The highest BCUT2D eigenvalue weighted by atomic mass is 16.1. The van der Waals surface area contributed by atoms with Gasteiger partial charge in [0.05, 0.1) is 0 Å². The zero-order valence-corrected chi connectivity index (χ0v) is 11.5. The molecule has 0 atom stereocenters. The number of pyridine rings is 1. The fourth-order valence-corrected chi connectivity index (χ4v) is 2.11. The standard InChI is InChI=1S/C16H16N4O/c21-16(14-11-12-5-4-8-18-15(12)20-14)19-10-9-17-13-6-2-1-3-7-13/h1-8,11,17H,9-10H2,(H,18,20)(H,19,21). The topological polar surface area (TPSA) is 69.8 Å². The number of para-hydroxylation sites is 1. The Morgan fingerprint density at radius 1 is 1.10 bits per heavy atom. The number of H-pyrrole nitrogens is 1. The number of hydrogen-bond donors (Lipinski definition) is 3. The maximum atomic E-state index is 12.0. The molecule has 0 aliphatic heterocycles. The van der Waals surface area contributed by atoms with Crippen LogP contribution in [0.3, 0.4) is 0 Å². The molecule has 0 bridgehead atoms. The van der Waals surface area contributed by atoms with Gasteiger partial charge in [-0.3, -0.25) is 4.79 Å². The highest BCUT2D eigenvalue weighted by molar-refractivity contribution is 5.97. The third-order valence-corrected chi connectivity index (χ3v) is 3.15. The van der Waals surface area contributed by atoms with Crippen LogP contribution < -0.4 is 10.6 Å². The lowest BCUT2D eigenvalue weighted by Gasteiger charge is -2.07. The van der Waals surface area contributed by atoms with Crippen LogP contribution in [0.5, 0.6) is 0 Å². The van der Waals surface area contributed by atoms with Gasteiger partial charge >= 0.3 is 0 Å². The van der Waals surface area contributed by atoms with Crippen molar-refractivity contribution in [1.29, 1.82) is 0 Å². The lowest BCUT2D eigenvalue weighted by molar-refractivity contribution is 0.0951. The maximum absolute atomic E-state index is 12.0. The van der Waals surface area contributed by atoms with E-state index >= 15 is 0 Å². The summed E-state index contributed by atoms with van der Waals surface area (Å²) in [5, 5.41) is 7.05. The van der Waals surface area contributed by atoms with Crippen molar-refractivity contribution in [2.75, 3.05) is 18.4 Å². The Labute approximate surface area is 122 Å². The minimum absolute atomic E-state index is 0.122. The molecule has 2 heterocycles. The quantitative estimate of drug-likeness (QED) is 0.629. The highest BCUT2D eigenvalue weighted by Crippen LogP contribution is 2.11. The van der Waals surface area contributed by atoms with Gasteiger partial charge in [-0.2, -0.15) is 0 Å². The molecule has 5 heteroatoms. The lowest BCUT2D eigenvalue weighted by atomic mass is 10.3. The van der Waals surface area contributed by atoms with Gasteiger partial charge in [0.1, 0.15) is 11.3 Å². The number of rotatable bonds is 5. The van der Waals surface area contributed by atoms with Crippen molar-refractivity contribution in [2.24, 2.45) is 0 Å². The summed E-state index contributed by atoms with van der Waals surface area (Å²) >= 11 is 0. The van der Waals surface area contributed by atoms with E-state index in [9.17, 15) is 4.79 Å². The number of nitrogens with zero attached hydrogens (tertiary/aromatic N) is 1. The first-order chi connectivity index (χ1) is 10.3. The first-order valence-corrected chi connectivity index (χ1v) is 6.84. The molecule has 3 rings (SSSR count). The SMILES string of the molecule is O=C(NCCNc1ccccc1)c1cc2cccnc2[nH]1. The Bertz CT molecular complexity index is 703. The van der Waals surface area contributed by atoms with Gasteiger partial charge < -0.3 is 15.6 Å². The number of carbonyl (C=O) groups is 1. The second-order valence-electron chi connectivity index (χ2n) is 4.67. The third-order valence-electron chi connectivity index (χ3n) is 3.15. The van der Waals surface area contributed by atoms with Crippen LogP contribution in [0.15, 0.2) is 54.7 Å². The molecule has 3 aromatic rings. The zero-order valence-electron chi connectivity index (χ0n) is 11.5. The molecule has 0 saturated heterocycles. The number of amides is 1. The van der Waals surface area contributed by atoms with Crippen LogP contribution >= 0.6 is 0 Å². The van der Waals surface area contributed by atoms with Gasteiger partial charge in [0.15, 0.2) is 0 Å². The van der Waals surface area contributed by atoms with Gasteiger partial charge in [-0.05, 0) is 30.3 Å². The molecule has 0 fully saturated rings. The molecule has 21 heavy (non-hydrogen) atoms. The molecule has 0 unspecified atom stereocenters. The number of carbonyl (C=O) groups excluding carboxylic acids is 1. The van der Waals surface area contributed by atoms with E-state index < -0.39 is 0 Å². The largest absolute Gasteiger partial charge is 0.383 e. The van der Waals surface area contributed by atoms with E-state index in [-0.39, 0.29) is 5.91 Å². The van der Waals surface area contributed by atoms with Gasteiger partial charge in [0.2, 0.25) is 0 Å². The minimum atomic E-state index is -0.122. The average molecular weight is 280 g/mol. The van der Waals surface area contributed by atoms with Crippen molar-refractivity contribution in [3.8, 4) is 0 Å². The molecular weight excluding hydrogens is 264 g/mol. The molecule has 0 spiro atoms. The highest BCUT2D eigenvalue weighted by Gasteiger charge is 2.08. The number of hydrogen-bond acceptors (Lipinski definition) is 3. The Morgan fingerprint density at radius 2 is 1.95 bits per heavy atom. The van der Waals surface area contributed by atoms with Crippen LogP contribution in [0.1, 0.15) is 10.5 Å². The van der Waals surface area contributed by atoms with E-state index in [1.54, 1.807) is 6.20 Å². The van der Waals surface area contributed by atoms with E-state index in [0.717, 1.165) is 16.7 Å². The Morgan fingerprint density at radius 3 is 2.76 bits per heavy atom. The van der Waals surface area contributed by atoms with Crippen molar-refractivity contribution in [2.45, 2.75) is 0 Å². The summed E-state index contributed by atoms with van der Waals surface area (Å²) in [7, 11) is 0. The summed E-state index contributed by atoms with van der Waals surface area (Å²) in [5.74, 6) is -0.122. The molecule has 0 aliphatic carbocycles. The molecule has 0 aliphatic rings. The van der Waals surface area contributed by atoms with Crippen LogP contribution in [0.4, 0.5) is 5.69 Å². The number of anilines is 1. The first kappa shape index (κ1) is 13.2. The van der Waals surface area contributed by atoms with Crippen molar-refractivity contribution >= 4 is 22.6 Å². The van der Waals surface area contributed by atoms with Crippen LogP contribution in [0.2, 0.25) is 0 Å². The fourth-order valence-electron chi connectivity index (χ4n) is 2.11. The first-order valence-electron chi connectivity index (χ1n) is 6.84. The van der Waals surface area contributed by atoms with E-state index in [0.29, 0.717) is 18.8 Å². The second kappa shape index (κ2) is 6.09. The third kappa shape index (κ3) is 3.20. The molecule has 0 saturated carbocycles.